The van der Waals surface area contributed by atoms with E-state index in [0.29, 0.717) is 22.2 Å². The molecule has 0 bridgehead atoms. The van der Waals surface area contributed by atoms with Crippen LogP contribution in [-0.2, 0) is 48.7 Å². The van der Waals surface area contributed by atoms with Crippen LogP contribution in [0.1, 0.15) is 44.8 Å². The molecule has 2 aromatic heterocycles. The molecule has 55 heavy (non-hydrogen) atoms. The van der Waals surface area contributed by atoms with E-state index in [2.05, 4.69) is 14.3 Å². The molecule has 0 radical (unpaired) electrons. The summed E-state index contributed by atoms with van der Waals surface area (Å²) in [5.41, 5.74) is 3.40. The second kappa shape index (κ2) is 16.9. The van der Waals surface area contributed by atoms with Crippen molar-refractivity contribution < 1.29 is 35.1 Å². The molecule has 2 atom stereocenters. The summed E-state index contributed by atoms with van der Waals surface area (Å²) in [5.74, 6) is -2.05. The van der Waals surface area contributed by atoms with E-state index in [0.717, 1.165) is 35.4 Å². The van der Waals surface area contributed by atoms with Gasteiger partial charge in [0.25, 0.3) is 0 Å². The number of rotatable bonds is 9. The number of nitrogens with zero attached hydrogens (tertiary/aromatic N) is 3. The van der Waals surface area contributed by atoms with Crippen molar-refractivity contribution in [1.29, 1.82) is 0 Å². The van der Waals surface area contributed by atoms with E-state index in [9.17, 15) is 35.1 Å². The lowest BCUT2D eigenvalue weighted by atomic mass is 9.81. The highest BCUT2D eigenvalue weighted by Gasteiger charge is 2.40. The Morgan fingerprint density at radius 1 is 0.545 bits per heavy atom. The highest BCUT2D eigenvalue weighted by atomic mass is 35.5. The van der Waals surface area contributed by atoms with Crippen LogP contribution in [0.3, 0.4) is 0 Å². The monoisotopic (exact) mass is 818 g/mol. The third-order valence-corrected chi connectivity index (χ3v) is 9.32. The molecule has 0 amide bonds. The summed E-state index contributed by atoms with van der Waals surface area (Å²) < 4.78 is 111. The van der Waals surface area contributed by atoms with Gasteiger partial charge in [-0.2, -0.15) is 26.3 Å². The van der Waals surface area contributed by atoms with Crippen LogP contribution in [0.4, 0.5) is 35.1 Å². The van der Waals surface area contributed by atoms with Crippen LogP contribution >= 0.6 is 23.2 Å². The first-order valence-electron chi connectivity index (χ1n) is 16.1. The van der Waals surface area contributed by atoms with Gasteiger partial charge in [-0.1, -0.05) is 83.9 Å². The Kier molecular flexibility index (Phi) is 12.7. The lowest BCUT2D eigenvalue weighted by molar-refractivity contribution is -0.138. The Balaban J connectivity index is 0.000000211. The molecule has 0 fully saturated rings. The Hall–Kier alpha value is -4.82. The van der Waals surface area contributed by atoms with Gasteiger partial charge in [-0.3, -0.25) is 9.97 Å². The molecule has 0 saturated carbocycles. The van der Waals surface area contributed by atoms with Gasteiger partial charge >= 0.3 is 12.4 Å². The van der Waals surface area contributed by atoms with Gasteiger partial charge in [0.1, 0.15) is 17.2 Å². The van der Waals surface area contributed by atoms with E-state index >= 15 is 0 Å². The van der Waals surface area contributed by atoms with E-state index in [-0.39, 0.29) is 35.4 Å². The Morgan fingerprint density at radius 3 is 1.40 bits per heavy atom. The Bertz CT molecular complexity index is 2220. The van der Waals surface area contributed by atoms with Crippen LogP contribution < -0.4 is 5.73 Å². The predicted molar refractivity (Wildman–Crippen MR) is 197 cm³/mol. The molecule has 6 aromatic rings. The molecule has 2 N–H and O–H groups in total. The van der Waals surface area contributed by atoms with E-state index < -0.39 is 46.2 Å². The molecule has 0 aliphatic rings. The second-order valence-corrected chi connectivity index (χ2v) is 13.5. The summed E-state index contributed by atoms with van der Waals surface area (Å²) in [5, 5.41) is 0.702. The summed E-state index contributed by atoms with van der Waals surface area (Å²) in [6.45, 7) is 0. The maximum atomic E-state index is 14.1. The molecule has 2 unspecified atom stereocenters. The van der Waals surface area contributed by atoms with Gasteiger partial charge in [0, 0.05) is 37.7 Å². The lowest BCUT2D eigenvalue weighted by Gasteiger charge is -2.30. The number of hydrogen-bond donors (Lipinski definition) is 1. The van der Waals surface area contributed by atoms with Gasteiger partial charge < -0.3 is 5.73 Å². The number of nitrogens with two attached hydrogens (primary N) is 1. The molecule has 4 aromatic carbocycles. The maximum absolute atomic E-state index is 14.1. The number of hydrogen-bond acceptors (Lipinski definition) is 5. The average molecular weight is 820 g/mol. The van der Waals surface area contributed by atoms with Crippen LogP contribution in [0.2, 0.25) is 10.0 Å². The zero-order chi connectivity index (χ0) is 40.0. The smallest absolute Gasteiger partial charge is 0.316 e. The molecule has 6 rings (SSSR count). The fraction of sp³-hybridized carbons (Fsp3) is 0.150. The van der Waals surface area contributed by atoms with Crippen molar-refractivity contribution in [2.45, 2.75) is 36.3 Å². The Labute approximate surface area is 326 Å². The van der Waals surface area contributed by atoms with Gasteiger partial charge in [0.05, 0.1) is 38.1 Å². The highest BCUT2D eigenvalue weighted by Crippen LogP contribution is 2.40. The number of benzene rings is 4. The van der Waals surface area contributed by atoms with Gasteiger partial charge in [0.15, 0.2) is 0 Å². The number of aromatic nitrogens is 2. The normalized spacial score (nSPS) is 13.9. The third kappa shape index (κ3) is 10.1. The van der Waals surface area contributed by atoms with Gasteiger partial charge in [0.2, 0.25) is 0 Å². The van der Waals surface area contributed by atoms with Crippen LogP contribution in [-0.4, -0.2) is 9.97 Å². The van der Waals surface area contributed by atoms with Crippen molar-refractivity contribution in [1.82, 2.24) is 9.97 Å². The van der Waals surface area contributed by atoms with E-state index in [4.69, 9.17) is 41.4 Å². The van der Waals surface area contributed by atoms with Crippen molar-refractivity contribution in [2.24, 2.45) is 10.1 Å². The summed E-state index contributed by atoms with van der Waals surface area (Å²) in [6, 6.07) is 28.7. The maximum Gasteiger partial charge on any atom is 0.416 e. The van der Waals surface area contributed by atoms with Crippen molar-refractivity contribution >= 4 is 35.6 Å². The molecule has 0 spiro atoms. The standard InChI is InChI=1S/C20H13ClF4N2S.C20H15ClF4N2/c21-16-6-7-18(26-12-16)19(27-28,11-13-4-2-1-3-5-13)14-8-15(20(23,24)25)10-17(22)9-14;21-16-6-7-18(27-12-16)19(26,11-13-4-2-1-3-5-13)14-8-15(20(23,24)25)10-17(22)9-14/h1-10,12H,11H2;1-10,12H,11,26H2. The SMILES string of the molecule is Fc1cc(C(F)(F)F)cc(C(Cc2ccccc2)(N=S)c2ccc(Cl)cn2)c1.NC(Cc1ccccc1)(c1cc(F)cc(C(F)(F)F)c1)c1ccc(Cl)cn1. The molecular weight excluding hydrogens is 791 g/mol. The lowest BCUT2D eigenvalue weighted by Crippen LogP contribution is -2.41. The van der Waals surface area contributed by atoms with Crippen molar-refractivity contribution in [2.75, 3.05) is 0 Å². The second-order valence-electron chi connectivity index (χ2n) is 12.4. The number of pyridine rings is 2. The van der Waals surface area contributed by atoms with Gasteiger partial charge in [-0.15, -0.1) is 0 Å². The summed E-state index contributed by atoms with van der Waals surface area (Å²) in [7, 11) is 0. The fourth-order valence-corrected chi connectivity index (χ4v) is 6.37. The topological polar surface area (TPSA) is 64.2 Å². The van der Waals surface area contributed by atoms with E-state index in [1.807, 2.05) is 6.07 Å². The van der Waals surface area contributed by atoms with Crippen LogP contribution in [0.15, 0.2) is 138 Å². The van der Waals surface area contributed by atoms with E-state index in [1.54, 1.807) is 60.7 Å². The summed E-state index contributed by atoms with van der Waals surface area (Å²) >= 11 is 16.8. The number of halogens is 10. The average Bonchev–Trinajstić information content (AvgIpc) is 3.14. The van der Waals surface area contributed by atoms with Crippen LogP contribution in [0, 0.1) is 11.6 Å². The van der Waals surface area contributed by atoms with E-state index in [1.165, 1.54) is 30.6 Å². The predicted octanol–water partition coefficient (Wildman–Crippen LogP) is 11.4. The van der Waals surface area contributed by atoms with Crippen molar-refractivity contribution in [3.63, 3.8) is 0 Å². The highest BCUT2D eigenvalue weighted by molar-refractivity contribution is 7.47. The van der Waals surface area contributed by atoms with Crippen molar-refractivity contribution in [3.8, 4) is 0 Å². The first-order valence-corrected chi connectivity index (χ1v) is 17.3. The molecule has 4 nitrogen and oxygen atoms in total. The molecule has 284 valence electrons. The first-order chi connectivity index (χ1) is 25.9. The minimum Gasteiger partial charge on any atom is -0.316 e. The quantitative estimate of drug-likeness (QED) is 0.148. The van der Waals surface area contributed by atoms with Crippen LogP contribution in [0.5, 0.6) is 0 Å². The molecule has 0 aliphatic carbocycles. The van der Waals surface area contributed by atoms with Crippen LogP contribution in [0.25, 0.3) is 0 Å². The fourth-order valence-electron chi connectivity index (χ4n) is 5.88. The zero-order valence-corrected chi connectivity index (χ0v) is 30.6. The summed E-state index contributed by atoms with van der Waals surface area (Å²) in [4.78, 5) is 8.40. The summed E-state index contributed by atoms with van der Waals surface area (Å²) in [6.07, 6.45) is -6.48. The zero-order valence-electron chi connectivity index (χ0n) is 28.2. The Morgan fingerprint density at radius 2 is 0.964 bits per heavy atom. The minimum absolute atomic E-state index is 0.0199. The minimum atomic E-state index is -4.72. The molecule has 0 saturated heterocycles. The van der Waals surface area contributed by atoms with Gasteiger partial charge in [-0.05, 0) is 82.9 Å². The molecule has 0 aliphatic heterocycles. The van der Waals surface area contributed by atoms with Crippen molar-refractivity contribution in [3.05, 3.63) is 200 Å². The first kappa shape index (κ1) is 41.3. The van der Waals surface area contributed by atoms with Gasteiger partial charge in [-0.25, -0.2) is 13.1 Å². The number of alkyl halides is 6. The largest absolute Gasteiger partial charge is 0.416 e. The molecule has 2 heterocycles. The molecule has 15 heteroatoms. The molecular formula is C40H28Cl2F8N4S. The third-order valence-electron chi connectivity index (χ3n) is 8.56.